The average Bonchev–Trinajstić information content (AvgIpc) is 2.58. The Morgan fingerprint density at radius 3 is 2.81 bits per heavy atom. The lowest BCUT2D eigenvalue weighted by Crippen LogP contribution is -2.28. The lowest BCUT2D eigenvalue weighted by atomic mass is 10.1. The molecule has 4 heteroatoms. The lowest BCUT2D eigenvalue weighted by molar-refractivity contribution is 0.587. The number of nitrogens with zero attached hydrogens (tertiary/aromatic N) is 2. The molecule has 0 spiro atoms. The smallest absolute Gasteiger partial charge is 0.131 e. The van der Waals surface area contributed by atoms with Crippen molar-refractivity contribution in [1.29, 1.82) is 0 Å². The van der Waals surface area contributed by atoms with Crippen molar-refractivity contribution in [2.75, 3.05) is 23.7 Å². The first-order valence-corrected chi connectivity index (χ1v) is 8.94. The second-order valence-electron chi connectivity index (χ2n) is 6.86. The van der Waals surface area contributed by atoms with Gasteiger partial charge in [0.25, 0.3) is 0 Å². The van der Waals surface area contributed by atoms with Crippen molar-refractivity contribution in [1.82, 2.24) is 10.3 Å². The van der Waals surface area contributed by atoms with Gasteiger partial charge in [-0.15, -0.1) is 0 Å². The molecule has 0 radical (unpaired) electrons. The normalized spacial score (nSPS) is 18.9. The van der Waals surface area contributed by atoms with E-state index in [0.717, 1.165) is 19.6 Å². The second-order valence-corrected chi connectivity index (χ2v) is 8.67. The highest BCUT2D eigenvalue weighted by molar-refractivity contribution is 8.00. The fraction of sp³-hybridized carbons (Fsp3) is 0.706. The molecule has 1 fully saturated rings. The SMILES string of the molecule is Cc1cc(CNC(C)C)cnc1N1CCSC(C)(C)CC1. The van der Waals surface area contributed by atoms with Crippen LogP contribution in [0.1, 0.15) is 45.2 Å². The fourth-order valence-corrected chi connectivity index (χ4v) is 3.71. The van der Waals surface area contributed by atoms with E-state index in [2.05, 4.69) is 62.7 Å². The van der Waals surface area contributed by atoms with Crippen molar-refractivity contribution in [3.8, 4) is 0 Å². The number of thioether (sulfide) groups is 1. The van der Waals surface area contributed by atoms with Crippen molar-refractivity contribution >= 4 is 17.6 Å². The predicted molar refractivity (Wildman–Crippen MR) is 94.3 cm³/mol. The van der Waals surface area contributed by atoms with E-state index >= 15 is 0 Å². The lowest BCUT2D eigenvalue weighted by Gasteiger charge is -2.25. The van der Waals surface area contributed by atoms with E-state index in [-0.39, 0.29) is 0 Å². The summed E-state index contributed by atoms with van der Waals surface area (Å²) in [7, 11) is 0. The van der Waals surface area contributed by atoms with Gasteiger partial charge in [-0.25, -0.2) is 4.98 Å². The summed E-state index contributed by atoms with van der Waals surface area (Å²) in [5, 5.41) is 3.45. The van der Waals surface area contributed by atoms with Gasteiger partial charge in [0.2, 0.25) is 0 Å². The number of hydrogen-bond donors (Lipinski definition) is 1. The molecule has 0 amide bonds. The third-order valence-corrected chi connectivity index (χ3v) is 5.33. The number of aryl methyl sites for hydroxylation is 1. The molecule has 21 heavy (non-hydrogen) atoms. The number of rotatable bonds is 4. The van der Waals surface area contributed by atoms with Crippen LogP contribution in [0.15, 0.2) is 12.3 Å². The predicted octanol–water partition coefficient (Wildman–Crippen LogP) is 3.61. The molecule has 1 N–H and O–H groups in total. The topological polar surface area (TPSA) is 28.2 Å². The van der Waals surface area contributed by atoms with E-state index in [1.54, 1.807) is 0 Å². The van der Waals surface area contributed by atoms with Crippen LogP contribution in [-0.2, 0) is 6.54 Å². The van der Waals surface area contributed by atoms with E-state index < -0.39 is 0 Å². The molecule has 0 aliphatic carbocycles. The van der Waals surface area contributed by atoms with Crippen LogP contribution in [0.4, 0.5) is 5.82 Å². The van der Waals surface area contributed by atoms with Gasteiger partial charge in [-0.05, 0) is 30.5 Å². The van der Waals surface area contributed by atoms with Gasteiger partial charge in [0.05, 0.1) is 0 Å². The minimum absolute atomic E-state index is 0.393. The number of anilines is 1. The van der Waals surface area contributed by atoms with Crippen LogP contribution in [0.2, 0.25) is 0 Å². The Morgan fingerprint density at radius 2 is 2.14 bits per heavy atom. The zero-order chi connectivity index (χ0) is 15.5. The quantitative estimate of drug-likeness (QED) is 0.920. The molecule has 118 valence electrons. The highest BCUT2D eigenvalue weighted by atomic mass is 32.2. The molecular formula is C17H29N3S. The Labute approximate surface area is 133 Å². The summed E-state index contributed by atoms with van der Waals surface area (Å²) in [6.45, 7) is 14.3. The van der Waals surface area contributed by atoms with Crippen LogP contribution in [0.3, 0.4) is 0 Å². The van der Waals surface area contributed by atoms with E-state index in [1.807, 2.05) is 6.20 Å². The summed E-state index contributed by atoms with van der Waals surface area (Å²) in [5.41, 5.74) is 2.57. The maximum Gasteiger partial charge on any atom is 0.131 e. The Balaban J connectivity index is 2.06. The minimum atomic E-state index is 0.393. The fourth-order valence-electron chi connectivity index (χ4n) is 2.61. The molecule has 0 atom stereocenters. The summed E-state index contributed by atoms with van der Waals surface area (Å²) in [6, 6.07) is 2.79. The van der Waals surface area contributed by atoms with E-state index in [4.69, 9.17) is 4.98 Å². The summed E-state index contributed by atoms with van der Waals surface area (Å²) in [6.07, 6.45) is 3.25. The number of hydrogen-bond acceptors (Lipinski definition) is 4. The summed E-state index contributed by atoms with van der Waals surface area (Å²) < 4.78 is 0.393. The van der Waals surface area contributed by atoms with Crippen molar-refractivity contribution in [3.05, 3.63) is 23.4 Å². The van der Waals surface area contributed by atoms with Crippen LogP contribution in [0.25, 0.3) is 0 Å². The van der Waals surface area contributed by atoms with Crippen molar-refractivity contribution < 1.29 is 0 Å². The molecular weight excluding hydrogens is 278 g/mol. The Bertz CT molecular complexity index is 471. The molecule has 2 rings (SSSR count). The largest absolute Gasteiger partial charge is 0.356 e. The Kier molecular flexibility index (Phi) is 5.55. The van der Waals surface area contributed by atoms with Crippen LogP contribution >= 0.6 is 11.8 Å². The summed E-state index contributed by atoms with van der Waals surface area (Å²) >= 11 is 2.08. The zero-order valence-corrected chi connectivity index (χ0v) is 14.9. The van der Waals surface area contributed by atoms with E-state index in [0.29, 0.717) is 10.8 Å². The van der Waals surface area contributed by atoms with Crippen LogP contribution < -0.4 is 10.2 Å². The molecule has 1 aromatic rings. The summed E-state index contributed by atoms with van der Waals surface area (Å²) in [5.74, 6) is 2.35. The Morgan fingerprint density at radius 1 is 1.38 bits per heavy atom. The molecule has 3 nitrogen and oxygen atoms in total. The average molecular weight is 308 g/mol. The van der Waals surface area contributed by atoms with Crippen molar-refractivity contribution in [3.63, 3.8) is 0 Å². The van der Waals surface area contributed by atoms with Gasteiger partial charge in [-0.2, -0.15) is 11.8 Å². The van der Waals surface area contributed by atoms with Gasteiger partial charge in [-0.3, -0.25) is 0 Å². The first-order chi connectivity index (χ1) is 9.87. The van der Waals surface area contributed by atoms with Gasteiger partial charge in [0.1, 0.15) is 5.82 Å². The standard InChI is InChI=1S/C17H29N3S/c1-13(2)18-11-15-10-14(3)16(19-12-15)20-7-6-17(4,5)21-9-8-20/h10,12-13,18H,6-9,11H2,1-5H3. The molecule has 1 aromatic heterocycles. The molecule has 0 unspecified atom stereocenters. The van der Waals surface area contributed by atoms with Crippen LogP contribution in [0, 0.1) is 6.92 Å². The molecule has 1 aliphatic heterocycles. The zero-order valence-electron chi connectivity index (χ0n) is 14.1. The molecule has 2 heterocycles. The van der Waals surface area contributed by atoms with E-state index in [9.17, 15) is 0 Å². The second kappa shape index (κ2) is 7.01. The van der Waals surface area contributed by atoms with Gasteiger partial charge in [0, 0.05) is 42.4 Å². The maximum atomic E-state index is 4.75. The van der Waals surface area contributed by atoms with Crippen molar-refractivity contribution in [2.24, 2.45) is 0 Å². The number of pyridine rings is 1. The number of aromatic nitrogens is 1. The molecule has 1 aliphatic rings. The molecule has 1 saturated heterocycles. The maximum absolute atomic E-state index is 4.75. The third kappa shape index (κ3) is 4.89. The third-order valence-electron chi connectivity index (χ3n) is 3.96. The van der Waals surface area contributed by atoms with Crippen molar-refractivity contribution in [2.45, 2.75) is 58.4 Å². The monoisotopic (exact) mass is 307 g/mol. The highest BCUT2D eigenvalue weighted by Crippen LogP contribution is 2.32. The molecule has 0 bridgehead atoms. The summed E-state index contributed by atoms with van der Waals surface area (Å²) in [4.78, 5) is 7.20. The van der Waals surface area contributed by atoms with Gasteiger partial charge >= 0.3 is 0 Å². The highest BCUT2D eigenvalue weighted by Gasteiger charge is 2.24. The molecule has 0 saturated carbocycles. The van der Waals surface area contributed by atoms with E-state index in [1.165, 1.54) is 29.1 Å². The van der Waals surface area contributed by atoms with Gasteiger partial charge in [-0.1, -0.05) is 27.7 Å². The first-order valence-electron chi connectivity index (χ1n) is 7.95. The molecule has 0 aromatic carbocycles. The van der Waals surface area contributed by atoms with Gasteiger partial charge in [0.15, 0.2) is 0 Å². The van der Waals surface area contributed by atoms with Crippen LogP contribution in [-0.4, -0.2) is 34.6 Å². The first kappa shape index (κ1) is 16.6. The minimum Gasteiger partial charge on any atom is -0.356 e. The van der Waals surface area contributed by atoms with Gasteiger partial charge < -0.3 is 10.2 Å². The Hall–Kier alpha value is -0.740. The number of nitrogens with one attached hydrogen (secondary N) is 1. The van der Waals surface area contributed by atoms with Crippen LogP contribution in [0.5, 0.6) is 0 Å².